The van der Waals surface area contributed by atoms with Crippen molar-refractivity contribution in [3.63, 3.8) is 0 Å². The molecule has 0 unspecified atom stereocenters. The summed E-state index contributed by atoms with van der Waals surface area (Å²) in [6, 6.07) is 6.27. The van der Waals surface area contributed by atoms with E-state index in [1.165, 1.54) is 11.1 Å². The van der Waals surface area contributed by atoms with Crippen LogP contribution in [0.25, 0.3) is 0 Å². The molecule has 0 aliphatic carbocycles. The summed E-state index contributed by atoms with van der Waals surface area (Å²) in [5.41, 5.74) is 2.89. The van der Waals surface area contributed by atoms with Crippen LogP contribution in [-0.4, -0.2) is 0 Å². The second-order valence-electron chi connectivity index (χ2n) is 4.82. The molecule has 0 spiro atoms. The van der Waals surface area contributed by atoms with Crippen molar-refractivity contribution in [2.24, 2.45) is 5.41 Å². The lowest BCUT2D eigenvalue weighted by Crippen LogP contribution is -2.09. The summed E-state index contributed by atoms with van der Waals surface area (Å²) in [7, 11) is 0. The second kappa shape index (κ2) is 3.71. The fraction of sp³-hybridized carbons (Fsp3) is 0.500. The van der Waals surface area contributed by atoms with Crippen LogP contribution in [0.3, 0.4) is 0 Å². The summed E-state index contributed by atoms with van der Waals surface area (Å²) in [4.78, 5) is 0. The molecule has 1 heteroatoms. The van der Waals surface area contributed by atoms with Gasteiger partial charge in [0.05, 0.1) is 0 Å². The summed E-state index contributed by atoms with van der Waals surface area (Å²) in [6.07, 6.45) is 1.10. The Morgan fingerprint density at radius 1 is 1.23 bits per heavy atom. The number of benzene rings is 1. The number of aryl methyl sites for hydroxylation is 1. The molecule has 0 aliphatic rings. The maximum Gasteiger partial charge on any atom is 0.0435 e. The molecule has 0 atom stereocenters. The van der Waals surface area contributed by atoms with Crippen molar-refractivity contribution in [3.8, 4) is 0 Å². The Labute approximate surface area is 85.9 Å². The van der Waals surface area contributed by atoms with Gasteiger partial charge in [-0.2, -0.15) is 0 Å². The van der Waals surface area contributed by atoms with Crippen LogP contribution in [-0.2, 0) is 6.42 Å². The van der Waals surface area contributed by atoms with Gasteiger partial charge in [0.15, 0.2) is 0 Å². The van der Waals surface area contributed by atoms with Crippen LogP contribution in [0.15, 0.2) is 18.2 Å². The second-order valence-corrected chi connectivity index (χ2v) is 5.23. The minimum atomic E-state index is 0.347. The summed E-state index contributed by atoms with van der Waals surface area (Å²) >= 11 is 5.95. The maximum absolute atomic E-state index is 5.95. The predicted molar refractivity (Wildman–Crippen MR) is 59.3 cm³/mol. The Morgan fingerprint density at radius 2 is 1.85 bits per heavy atom. The van der Waals surface area contributed by atoms with Gasteiger partial charge in [-0.3, -0.25) is 0 Å². The number of hydrogen-bond acceptors (Lipinski definition) is 0. The van der Waals surface area contributed by atoms with E-state index in [2.05, 4.69) is 39.8 Å². The topological polar surface area (TPSA) is 0 Å². The van der Waals surface area contributed by atoms with Crippen LogP contribution in [0.5, 0.6) is 0 Å². The lowest BCUT2D eigenvalue weighted by Gasteiger charge is -2.18. The molecule has 0 radical (unpaired) electrons. The van der Waals surface area contributed by atoms with Gasteiger partial charge in [-0.05, 0) is 36.0 Å². The van der Waals surface area contributed by atoms with Crippen LogP contribution in [0.4, 0.5) is 0 Å². The van der Waals surface area contributed by atoms with Crippen LogP contribution in [0.1, 0.15) is 31.9 Å². The third-order valence-electron chi connectivity index (χ3n) is 1.96. The van der Waals surface area contributed by atoms with Crippen molar-refractivity contribution in [1.29, 1.82) is 0 Å². The lowest BCUT2D eigenvalue weighted by atomic mass is 9.88. The molecule has 0 amide bonds. The normalized spacial score (nSPS) is 11.8. The van der Waals surface area contributed by atoms with Crippen molar-refractivity contribution in [3.05, 3.63) is 34.3 Å². The fourth-order valence-corrected chi connectivity index (χ4v) is 1.55. The van der Waals surface area contributed by atoms with E-state index in [0.29, 0.717) is 5.41 Å². The molecule has 72 valence electrons. The SMILES string of the molecule is Cc1cc(CC(C)(C)C)ccc1Cl. The molecule has 13 heavy (non-hydrogen) atoms. The van der Waals surface area contributed by atoms with Crippen LogP contribution in [0, 0.1) is 12.3 Å². The summed E-state index contributed by atoms with van der Waals surface area (Å²) in [5.74, 6) is 0. The number of hydrogen-bond donors (Lipinski definition) is 0. The molecule has 1 rings (SSSR count). The van der Waals surface area contributed by atoms with E-state index in [1.807, 2.05) is 6.07 Å². The van der Waals surface area contributed by atoms with Crippen molar-refractivity contribution < 1.29 is 0 Å². The van der Waals surface area contributed by atoms with Crippen molar-refractivity contribution in [1.82, 2.24) is 0 Å². The van der Waals surface area contributed by atoms with E-state index in [4.69, 9.17) is 11.6 Å². The Bertz CT molecular complexity index is 294. The zero-order chi connectivity index (χ0) is 10.1. The van der Waals surface area contributed by atoms with E-state index in [1.54, 1.807) is 0 Å². The Balaban J connectivity index is 2.86. The molecule has 0 heterocycles. The fourth-order valence-electron chi connectivity index (χ4n) is 1.43. The van der Waals surface area contributed by atoms with Gasteiger partial charge in [-0.1, -0.05) is 44.5 Å². The molecule has 0 N–H and O–H groups in total. The molecule has 0 bridgehead atoms. The third kappa shape index (κ3) is 3.40. The highest BCUT2D eigenvalue weighted by atomic mass is 35.5. The average Bonchev–Trinajstić information content (AvgIpc) is 1.94. The molecule has 1 aromatic carbocycles. The van der Waals surface area contributed by atoms with Gasteiger partial charge in [-0.15, -0.1) is 0 Å². The van der Waals surface area contributed by atoms with Gasteiger partial charge in [0, 0.05) is 5.02 Å². The molecular formula is C12H17Cl. The van der Waals surface area contributed by atoms with E-state index in [-0.39, 0.29) is 0 Å². The summed E-state index contributed by atoms with van der Waals surface area (Å²) < 4.78 is 0. The number of rotatable bonds is 1. The zero-order valence-electron chi connectivity index (χ0n) is 8.82. The first-order valence-corrected chi connectivity index (χ1v) is 5.01. The molecule has 0 aromatic heterocycles. The zero-order valence-corrected chi connectivity index (χ0v) is 9.57. The van der Waals surface area contributed by atoms with Gasteiger partial charge in [0.1, 0.15) is 0 Å². The van der Waals surface area contributed by atoms with E-state index in [0.717, 1.165) is 11.4 Å². The quantitative estimate of drug-likeness (QED) is 0.631. The minimum Gasteiger partial charge on any atom is -0.0841 e. The highest BCUT2D eigenvalue weighted by Gasteiger charge is 2.11. The van der Waals surface area contributed by atoms with Gasteiger partial charge in [0.2, 0.25) is 0 Å². The molecule has 1 aromatic rings. The molecular weight excluding hydrogens is 180 g/mol. The first-order valence-electron chi connectivity index (χ1n) is 4.63. The smallest absolute Gasteiger partial charge is 0.0435 e. The van der Waals surface area contributed by atoms with Gasteiger partial charge < -0.3 is 0 Å². The van der Waals surface area contributed by atoms with Crippen LogP contribution < -0.4 is 0 Å². The van der Waals surface area contributed by atoms with Gasteiger partial charge >= 0.3 is 0 Å². The largest absolute Gasteiger partial charge is 0.0841 e. The lowest BCUT2D eigenvalue weighted by molar-refractivity contribution is 0.411. The van der Waals surface area contributed by atoms with Crippen LogP contribution >= 0.6 is 11.6 Å². The Hall–Kier alpha value is -0.490. The first kappa shape index (κ1) is 10.6. The van der Waals surface area contributed by atoms with Crippen molar-refractivity contribution in [2.75, 3.05) is 0 Å². The highest BCUT2D eigenvalue weighted by molar-refractivity contribution is 6.31. The highest BCUT2D eigenvalue weighted by Crippen LogP contribution is 2.23. The Morgan fingerprint density at radius 3 is 2.31 bits per heavy atom. The van der Waals surface area contributed by atoms with Gasteiger partial charge in [-0.25, -0.2) is 0 Å². The summed E-state index contributed by atoms with van der Waals surface area (Å²) in [5, 5.41) is 0.859. The van der Waals surface area contributed by atoms with E-state index >= 15 is 0 Å². The van der Waals surface area contributed by atoms with Crippen molar-refractivity contribution >= 4 is 11.6 Å². The Kier molecular flexibility index (Phi) is 3.02. The molecule has 0 fully saturated rings. The molecule has 0 saturated carbocycles. The monoisotopic (exact) mass is 196 g/mol. The van der Waals surface area contributed by atoms with E-state index < -0.39 is 0 Å². The summed E-state index contributed by atoms with van der Waals surface area (Å²) in [6.45, 7) is 8.79. The standard InChI is InChI=1S/C12H17Cl/c1-9-7-10(5-6-11(9)13)8-12(2,3)4/h5-7H,8H2,1-4H3. The third-order valence-corrected chi connectivity index (χ3v) is 2.38. The van der Waals surface area contributed by atoms with E-state index in [9.17, 15) is 0 Å². The molecule has 0 nitrogen and oxygen atoms in total. The maximum atomic E-state index is 5.95. The van der Waals surface area contributed by atoms with Gasteiger partial charge in [0.25, 0.3) is 0 Å². The van der Waals surface area contributed by atoms with Crippen LogP contribution in [0.2, 0.25) is 5.02 Å². The number of halogens is 1. The first-order chi connectivity index (χ1) is 5.88. The minimum absolute atomic E-state index is 0.347. The predicted octanol–water partition coefficient (Wildman–Crippen LogP) is 4.24. The van der Waals surface area contributed by atoms with Crippen molar-refractivity contribution in [2.45, 2.75) is 34.1 Å². The molecule has 0 saturated heterocycles. The average molecular weight is 197 g/mol. The molecule has 0 aliphatic heterocycles.